The van der Waals surface area contributed by atoms with E-state index < -0.39 is 0 Å². The highest BCUT2D eigenvalue weighted by atomic mass is 15.6. The van der Waals surface area contributed by atoms with Crippen molar-refractivity contribution in [2.24, 2.45) is 7.05 Å². The SMILES string of the molecule is CCc1cccnc1-n1c(C(C)C)nn1C. The fraction of sp³-hybridized carbons (Fsp3) is 0.500. The Morgan fingerprint density at radius 1 is 1.38 bits per heavy atom. The predicted octanol–water partition coefficient (Wildman–Crippen LogP) is 2.29. The average molecular weight is 218 g/mol. The standard InChI is InChI=1S/C12H18N4/c1-5-10-7-6-8-13-12(10)16-11(9(2)3)14-15(16)4/h6-9H,5H2,1-4H3. The lowest BCUT2D eigenvalue weighted by atomic mass is 10.2. The maximum Gasteiger partial charge on any atom is 0.158 e. The van der Waals surface area contributed by atoms with Gasteiger partial charge in [0.2, 0.25) is 0 Å². The van der Waals surface area contributed by atoms with Crippen LogP contribution in [0.2, 0.25) is 0 Å². The molecule has 0 spiro atoms. The molecule has 0 aliphatic carbocycles. The van der Waals surface area contributed by atoms with E-state index in [0.717, 1.165) is 18.1 Å². The van der Waals surface area contributed by atoms with Crippen LogP contribution in [0.25, 0.3) is 5.82 Å². The molecule has 2 aromatic rings. The predicted molar refractivity (Wildman–Crippen MR) is 63.8 cm³/mol. The third-order valence-corrected chi connectivity index (χ3v) is 2.72. The molecule has 86 valence electrons. The Morgan fingerprint density at radius 2 is 2.12 bits per heavy atom. The molecule has 0 atom stereocenters. The third kappa shape index (κ3) is 1.64. The summed E-state index contributed by atoms with van der Waals surface area (Å²) < 4.78 is 2.09. The Bertz CT molecular complexity index is 479. The van der Waals surface area contributed by atoms with E-state index in [1.807, 2.05) is 24.1 Å². The topological polar surface area (TPSA) is 35.6 Å². The first-order chi connectivity index (χ1) is 7.65. The molecule has 0 bridgehead atoms. The molecule has 0 aliphatic rings. The highest BCUT2D eigenvalue weighted by Gasteiger charge is 2.18. The number of hydrogen-bond acceptors (Lipinski definition) is 2. The van der Waals surface area contributed by atoms with Gasteiger partial charge in [0, 0.05) is 19.2 Å². The highest BCUT2D eigenvalue weighted by molar-refractivity contribution is 5.34. The van der Waals surface area contributed by atoms with Crippen LogP contribution in [0.5, 0.6) is 0 Å². The molecule has 0 fully saturated rings. The van der Waals surface area contributed by atoms with Gasteiger partial charge in [0.05, 0.1) is 0 Å². The molecule has 2 aromatic heterocycles. The Labute approximate surface area is 95.9 Å². The number of aryl methyl sites for hydroxylation is 2. The minimum Gasteiger partial charge on any atom is -0.237 e. The van der Waals surface area contributed by atoms with Gasteiger partial charge in [0.15, 0.2) is 11.6 Å². The highest BCUT2D eigenvalue weighted by Crippen LogP contribution is 2.20. The van der Waals surface area contributed by atoms with Crippen LogP contribution in [0, 0.1) is 0 Å². The summed E-state index contributed by atoms with van der Waals surface area (Å²) in [6.07, 6.45) is 2.82. The molecule has 0 radical (unpaired) electrons. The van der Waals surface area contributed by atoms with Crippen molar-refractivity contribution in [3.8, 4) is 5.82 Å². The first-order valence-electron chi connectivity index (χ1n) is 5.71. The molecule has 0 saturated heterocycles. The van der Waals surface area contributed by atoms with Crippen molar-refractivity contribution >= 4 is 0 Å². The summed E-state index contributed by atoms with van der Waals surface area (Å²) in [4.78, 5) is 6.30. The Kier molecular flexibility index (Phi) is 2.81. The van der Waals surface area contributed by atoms with Crippen LogP contribution >= 0.6 is 0 Å². The van der Waals surface area contributed by atoms with E-state index in [1.165, 1.54) is 5.56 Å². The van der Waals surface area contributed by atoms with Crippen LogP contribution in [-0.2, 0) is 13.5 Å². The van der Waals surface area contributed by atoms with Gasteiger partial charge in [-0.15, -0.1) is 5.10 Å². The normalized spacial score (nSPS) is 11.3. The van der Waals surface area contributed by atoms with Gasteiger partial charge in [0.25, 0.3) is 0 Å². The lowest BCUT2D eigenvalue weighted by molar-refractivity contribution is 0.401. The van der Waals surface area contributed by atoms with Crippen molar-refractivity contribution in [3.63, 3.8) is 0 Å². The van der Waals surface area contributed by atoms with Crippen molar-refractivity contribution in [1.82, 2.24) is 19.6 Å². The lowest BCUT2D eigenvalue weighted by Crippen LogP contribution is -2.29. The van der Waals surface area contributed by atoms with E-state index in [2.05, 4.69) is 41.6 Å². The second kappa shape index (κ2) is 4.12. The molecule has 2 rings (SSSR count). The quantitative estimate of drug-likeness (QED) is 0.792. The number of pyridine rings is 1. The summed E-state index contributed by atoms with van der Waals surface area (Å²) in [5.74, 6) is 2.50. The van der Waals surface area contributed by atoms with E-state index in [0.29, 0.717) is 5.92 Å². The maximum absolute atomic E-state index is 4.46. The van der Waals surface area contributed by atoms with Gasteiger partial charge < -0.3 is 0 Å². The van der Waals surface area contributed by atoms with Gasteiger partial charge in [-0.1, -0.05) is 26.8 Å². The zero-order valence-corrected chi connectivity index (χ0v) is 10.3. The largest absolute Gasteiger partial charge is 0.237 e. The Hall–Kier alpha value is -1.58. The fourth-order valence-corrected chi connectivity index (χ4v) is 1.85. The first kappa shape index (κ1) is 10.9. The van der Waals surface area contributed by atoms with Crippen LogP contribution in [0.1, 0.15) is 38.1 Å². The van der Waals surface area contributed by atoms with E-state index >= 15 is 0 Å². The summed E-state index contributed by atoms with van der Waals surface area (Å²) in [6, 6.07) is 4.10. The molecule has 4 heteroatoms. The van der Waals surface area contributed by atoms with Crippen LogP contribution in [-0.4, -0.2) is 19.6 Å². The molecule has 0 amide bonds. The Morgan fingerprint density at radius 3 is 2.69 bits per heavy atom. The van der Waals surface area contributed by atoms with Crippen molar-refractivity contribution < 1.29 is 0 Å². The minimum absolute atomic E-state index is 0.419. The molecule has 4 nitrogen and oxygen atoms in total. The van der Waals surface area contributed by atoms with Gasteiger partial charge in [0.1, 0.15) is 0 Å². The second-order valence-corrected chi connectivity index (χ2v) is 4.25. The van der Waals surface area contributed by atoms with Gasteiger partial charge >= 0.3 is 0 Å². The number of hydrogen-bond donors (Lipinski definition) is 0. The number of aromatic nitrogens is 4. The summed E-state index contributed by atoms with van der Waals surface area (Å²) in [7, 11) is 1.94. The third-order valence-electron chi connectivity index (χ3n) is 2.72. The lowest BCUT2D eigenvalue weighted by Gasteiger charge is -2.24. The molecule has 16 heavy (non-hydrogen) atoms. The van der Waals surface area contributed by atoms with Crippen molar-refractivity contribution in [2.45, 2.75) is 33.1 Å². The molecule has 0 unspecified atom stereocenters. The average Bonchev–Trinajstić information content (AvgIpc) is 2.26. The zero-order chi connectivity index (χ0) is 11.7. The molecule has 0 N–H and O–H groups in total. The van der Waals surface area contributed by atoms with Gasteiger partial charge in [-0.05, 0) is 18.1 Å². The molecular formula is C12H18N4. The summed E-state index contributed by atoms with van der Waals surface area (Å²) in [5, 5.41) is 4.39. The van der Waals surface area contributed by atoms with Crippen molar-refractivity contribution in [1.29, 1.82) is 0 Å². The minimum atomic E-state index is 0.419. The molecule has 0 aromatic carbocycles. The van der Waals surface area contributed by atoms with Crippen LogP contribution in [0.15, 0.2) is 18.3 Å². The number of rotatable bonds is 3. The van der Waals surface area contributed by atoms with Gasteiger partial charge in [-0.2, -0.15) is 4.80 Å². The zero-order valence-electron chi connectivity index (χ0n) is 10.3. The molecular weight excluding hydrogens is 200 g/mol. The van der Waals surface area contributed by atoms with Crippen LogP contribution in [0.4, 0.5) is 0 Å². The number of nitrogens with zero attached hydrogens (tertiary/aromatic N) is 4. The molecule has 2 heterocycles. The maximum atomic E-state index is 4.46. The van der Waals surface area contributed by atoms with Crippen LogP contribution < -0.4 is 0 Å². The summed E-state index contributed by atoms with van der Waals surface area (Å²) in [5.41, 5.74) is 1.25. The monoisotopic (exact) mass is 218 g/mol. The first-order valence-corrected chi connectivity index (χ1v) is 5.71. The van der Waals surface area contributed by atoms with E-state index in [1.54, 1.807) is 0 Å². The van der Waals surface area contributed by atoms with E-state index in [9.17, 15) is 0 Å². The van der Waals surface area contributed by atoms with Crippen LogP contribution in [0.3, 0.4) is 0 Å². The smallest absolute Gasteiger partial charge is 0.158 e. The second-order valence-electron chi connectivity index (χ2n) is 4.25. The molecule has 0 saturated carbocycles. The molecule has 0 aliphatic heterocycles. The van der Waals surface area contributed by atoms with Gasteiger partial charge in [-0.3, -0.25) is 0 Å². The van der Waals surface area contributed by atoms with E-state index in [-0.39, 0.29) is 0 Å². The Balaban J connectivity index is 2.51. The van der Waals surface area contributed by atoms with Crippen molar-refractivity contribution in [3.05, 3.63) is 29.7 Å². The van der Waals surface area contributed by atoms with Gasteiger partial charge in [-0.25, -0.2) is 9.67 Å². The summed E-state index contributed by atoms with van der Waals surface area (Å²) in [6.45, 7) is 6.44. The van der Waals surface area contributed by atoms with E-state index in [4.69, 9.17) is 0 Å². The summed E-state index contributed by atoms with van der Waals surface area (Å²) >= 11 is 0. The van der Waals surface area contributed by atoms with Crippen molar-refractivity contribution in [2.75, 3.05) is 0 Å². The fourth-order valence-electron chi connectivity index (χ4n) is 1.85.